The molecule has 2 saturated heterocycles. The fraction of sp³-hybridized carbons (Fsp3) is 0.462. The van der Waals surface area contributed by atoms with Crippen molar-refractivity contribution >= 4 is 22.7 Å². The molecule has 0 saturated carbocycles. The molecule has 2 fully saturated rings. The Bertz CT molecular complexity index is 1150. The standard InChI is InChI=1S/C26H31N5O2/c1-25(2,3)33-24(32)31-15-9-26(18-31)7-13-30(14-8-26)23-16-21(19-4-10-27-11-5-19)29-22-17-28-12-6-20(22)23/h4-6,10-12,16-17H,7-9,13-15,18H2,1-3H3. The van der Waals surface area contributed by atoms with Crippen LogP contribution in [0.1, 0.15) is 40.0 Å². The van der Waals surface area contributed by atoms with Gasteiger partial charge in [-0.3, -0.25) is 9.97 Å². The van der Waals surface area contributed by atoms with Crippen LogP contribution < -0.4 is 4.90 Å². The van der Waals surface area contributed by atoms with E-state index in [0.717, 1.165) is 67.6 Å². The van der Waals surface area contributed by atoms with Crippen LogP contribution in [0.15, 0.2) is 49.1 Å². The molecule has 3 aromatic rings. The van der Waals surface area contributed by atoms with Crippen LogP contribution in [0.2, 0.25) is 0 Å². The maximum atomic E-state index is 12.6. The van der Waals surface area contributed by atoms with E-state index < -0.39 is 5.60 Å². The van der Waals surface area contributed by atoms with Crippen LogP contribution in [0.5, 0.6) is 0 Å². The predicted octanol–water partition coefficient (Wildman–Crippen LogP) is 4.92. The summed E-state index contributed by atoms with van der Waals surface area (Å²) in [5.74, 6) is 0. The minimum atomic E-state index is -0.458. The monoisotopic (exact) mass is 445 g/mol. The number of fused-ring (bicyclic) bond motifs is 1. The number of hydrogen-bond donors (Lipinski definition) is 0. The molecule has 0 N–H and O–H groups in total. The predicted molar refractivity (Wildman–Crippen MR) is 129 cm³/mol. The molecule has 5 rings (SSSR count). The Balaban J connectivity index is 1.35. The summed E-state index contributed by atoms with van der Waals surface area (Å²) in [5.41, 5.74) is 3.82. The van der Waals surface area contributed by atoms with Crippen LogP contribution in [-0.2, 0) is 4.74 Å². The Morgan fingerprint density at radius 3 is 2.42 bits per heavy atom. The van der Waals surface area contributed by atoms with Gasteiger partial charge in [0.25, 0.3) is 0 Å². The zero-order valence-electron chi connectivity index (χ0n) is 19.6. The number of likely N-dealkylation sites (tertiary alicyclic amines) is 1. The highest BCUT2D eigenvalue weighted by atomic mass is 16.6. The molecule has 0 atom stereocenters. The largest absolute Gasteiger partial charge is 0.444 e. The summed E-state index contributed by atoms with van der Waals surface area (Å²) < 4.78 is 5.61. The molecule has 0 radical (unpaired) electrons. The first-order valence-corrected chi connectivity index (χ1v) is 11.7. The quantitative estimate of drug-likeness (QED) is 0.558. The van der Waals surface area contributed by atoms with Gasteiger partial charge >= 0.3 is 6.09 Å². The van der Waals surface area contributed by atoms with E-state index in [-0.39, 0.29) is 11.5 Å². The Labute approximate surface area is 194 Å². The highest BCUT2D eigenvalue weighted by Gasteiger charge is 2.43. The van der Waals surface area contributed by atoms with Gasteiger partial charge in [-0.1, -0.05) is 0 Å². The maximum Gasteiger partial charge on any atom is 0.410 e. The summed E-state index contributed by atoms with van der Waals surface area (Å²) in [4.78, 5) is 30.2. The first-order valence-electron chi connectivity index (χ1n) is 11.7. The number of amides is 1. The summed E-state index contributed by atoms with van der Waals surface area (Å²) in [6.07, 6.45) is 10.2. The molecule has 33 heavy (non-hydrogen) atoms. The molecule has 2 aliphatic rings. The molecule has 3 aromatic heterocycles. The van der Waals surface area contributed by atoms with Gasteiger partial charge in [-0.25, -0.2) is 9.78 Å². The molecular weight excluding hydrogens is 414 g/mol. The van der Waals surface area contributed by atoms with Crippen molar-refractivity contribution in [2.75, 3.05) is 31.1 Å². The van der Waals surface area contributed by atoms with E-state index >= 15 is 0 Å². The third kappa shape index (κ3) is 4.49. The van der Waals surface area contributed by atoms with Gasteiger partial charge in [0.1, 0.15) is 5.60 Å². The summed E-state index contributed by atoms with van der Waals surface area (Å²) in [5, 5.41) is 1.13. The fourth-order valence-electron chi connectivity index (χ4n) is 5.04. The van der Waals surface area contributed by atoms with Gasteiger partial charge in [0, 0.05) is 61.4 Å². The number of hydrogen-bond acceptors (Lipinski definition) is 6. The highest BCUT2D eigenvalue weighted by Crippen LogP contribution is 2.43. The van der Waals surface area contributed by atoms with Gasteiger partial charge in [0.2, 0.25) is 0 Å². The number of piperidine rings is 1. The number of aromatic nitrogens is 3. The number of nitrogens with zero attached hydrogens (tertiary/aromatic N) is 5. The summed E-state index contributed by atoms with van der Waals surface area (Å²) in [7, 11) is 0. The van der Waals surface area contributed by atoms with Gasteiger partial charge in [0.15, 0.2) is 0 Å². The lowest BCUT2D eigenvalue weighted by atomic mass is 9.77. The molecule has 7 nitrogen and oxygen atoms in total. The highest BCUT2D eigenvalue weighted by molar-refractivity contribution is 5.93. The Kier molecular flexibility index (Phi) is 5.43. The van der Waals surface area contributed by atoms with E-state index in [1.54, 1.807) is 12.4 Å². The van der Waals surface area contributed by atoms with E-state index in [9.17, 15) is 4.79 Å². The summed E-state index contributed by atoms with van der Waals surface area (Å²) >= 11 is 0. The van der Waals surface area contributed by atoms with Crippen molar-refractivity contribution in [3.8, 4) is 11.3 Å². The van der Waals surface area contributed by atoms with Crippen LogP contribution in [-0.4, -0.2) is 57.7 Å². The molecule has 0 aromatic carbocycles. The average Bonchev–Trinajstić information content (AvgIpc) is 3.22. The van der Waals surface area contributed by atoms with Crippen molar-refractivity contribution in [2.24, 2.45) is 5.41 Å². The van der Waals surface area contributed by atoms with Gasteiger partial charge in [0.05, 0.1) is 17.4 Å². The van der Waals surface area contributed by atoms with Crippen LogP contribution in [0.25, 0.3) is 22.2 Å². The van der Waals surface area contributed by atoms with Gasteiger partial charge in [-0.15, -0.1) is 0 Å². The molecule has 0 bridgehead atoms. The summed E-state index contributed by atoms with van der Waals surface area (Å²) in [6, 6.07) is 8.22. The van der Waals surface area contributed by atoms with Crippen LogP contribution in [0.3, 0.4) is 0 Å². The number of ether oxygens (including phenoxy) is 1. The number of pyridine rings is 3. The molecule has 0 unspecified atom stereocenters. The molecule has 1 amide bonds. The van der Waals surface area contributed by atoms with E-state index in [1.807, 2.05) is 50.2 Å². The van der Waals surface area contributed by atoms with Crippen molar-refractivity contribution < 1.29 is 9.53 Å². The normalized spacial score (nSPS) is 18.2. The van der Waals surface area contributed by atoms with Gasteiger partial charge in [-0.2, -0.15) is 0 Å². The molecule has 7 heteroatoms. The lowest BCUT2D eigenvalue weighted by Gasteiger charge is -2.40. The van der Waals surface area contributed by atoms with Crippen LogP contribution in [0.4, 0.5) is 10.5 Å². The summed E-state index contributed by atoms with van der Waals surface area (Å²) in [6.45, 7) is 9.25. The third-order valence-corrected chi connectivity index (χ3v) is 6.82. The van der Waals surface area contributed by atoms with E-state index in [4.69, 9.17) is 9.72 Å². The van der Waals surface area contributed by atoms with Crippen molar-refractivity contribution in [3.05, 3.63) is 49.1 Å². The second kappa shape index (κ2) is 8.28. The van der Waals surface area contributed by atoms with Crippen LogP contribution in [0, 0.1) is 5.41 Å². The topological polar surface area (TPSA) is 71.5 Å². The van der Waals surface area contributed by atoms with Crippen molar-refractivity contribution in [1.29, 1.82) is 0 Å². The zero-order valence-corrected chi connectivity index (χ0v) is 19.6. The number of carbonyl (C=O) groups is 1. The lowest BCUT2D eigenvalue weighted by Crippen LogP contribution is -2.43. The fourth-order valence-corrected chi connectivity index (χ4v) is 5.04. The maximum absolute atomic E-state index is 12.6. The van der Waals surface area contributed by atoms with Crippen LogP contribution >= 0.6 is 0 Å². The second-order valence-electron chi connectivity index (χ2n) is 10.3. The molecule has 1 spiro atoms. The van der Waals surface area contributed by atoms with Crippen molar-refractivity contribution in [1.82, 2.24) is 19.9 Å². The van der Waals surface area contributed by atoms with Gasteiger partial charge < -0.3 is 14.5 Å². The number of carbonyl (C=O) groups excluding carboxylic acids is 1. The van der Waals surface area contributed by atoms with Gasteiger partial charge in [-0.05, 0) is 69.7 Å². The third-order valence-electron chi connectivity index (χ3n) is 6.82. The first-order chi connectivity index (χ1) is 15.8. The van der Waals surface area contributed by atoms with Crippen molar-refractivity contribution in [3.63, 3.8) is 0 Å². The lowest BCUT2D eigenvalue weighted by molar-refractivity contribution is 0.0266. The Morgan fingerprint density at radius 1 is 1.00 bits per heavy atom. The first kappa shape index (κ1) is 21.6. The molecule has 172 valence electrons. The minimum Gasteiger partial charge on any atom is -0.444 e. The van der Waals surface area contributed by atoms with E-state index in [0.29, 0.717) is 0 Å². The second-order valence-corrected chi connectivity index (χ2v) is 10.3. The number of anilines is 1. The van der Waals surface area contributed by atoms with E-state index in [1.165, 1.54) is 5.69 Å². The molecule has 2 aliphatic heterocycles. The average molecular weight is 446 g/mol. The molecule has 5 heterocycles. The Hall–Kier alpha value is -3.22. The molecular formula is C26H31N5O2. The Morgan fingerprint density at radius 2 is 1.70 bits per heavy atom. The SMILES string of the molecule is CC(C)(C)OC(=O)N1CCC2(CCN(c3cc(-c4ccncc4)nc4cnccc34)CC2)C1. The smallest absolute Gasteiger partial charge is 0.410 e. The van der Waals surface area contributed by atoms with Crippen molar-refractivity contribution in [2.45, 2.75) is 45.6 Å². The minimum absolute atomic E-state index is 0.184. The number of rotatable bonds is 2. The zero-order chi connectivity index (χ0) is 23.1. The molecule has 0 aliphatic carbocycles. The van der Waals surface area contributed by atoms with E-state index in [2.05, 4.69) is 27.0 Å².